The van der Waals surface area contributed by atoms with E-state index in [1.807, 2.05) is 13.8 Å². The molecule has 16 heteroatoms. The van der Waals surface area contributed by atoms with E-state index in [1.54, 1.807) is 79.1 Å². The van der Waals surface area contributed by atoms with Gasteiger partial charge in [0, 0.05) is 73.6 Å². The number of ketones is 1. The molecular formula is C39H48N6O8S2. The number of sulfonamides is 1. The average Bonchev–Trinajstić information content (AvgIpc) is 3.47. The van der Waals surface area contributed by atoms with E-state index in [9.17, 15) is 32.4 Å². The second kappa shape index (κ2) is 16.9. The summed E-state index contributed by atoms with van der Waals surface area (Å²) in [7, 11) is -4.05. The highest BCUT2D eigenvalue weighted by atomic mass is 32.2. The van der Waals surface area contributed by atoms with Gasteiger partial charge in [-0.2, -0.15) is 4.31 Å². The number of hydrogen-bond acceptors (Lipinski definition) is 10. The normalized spacial score (nSPS) is 18.0. The largest absolute Gasteiger partial charge is 0.460 e. The fourth-order valence-corrected chi connectivity index (χ4v) is 9.69. The van der Waals surface area contributed by atoms with Gasteiger partial charge in [-0.1, -0.05) is 12.1 Å². The molecule has 2 aromatic carbocycles. The van der Waals surface area contributed by atoms with Crippen molar-refractivity contribution in [1.29, 1.82) is 0 Å². The minimum atomic E-state index is -4.05. The number of benzene rings is 2. The number of carbonyl (C=O) groups excluding carboxylic acids is 5. The van der Waals surface area contributed by atoms with Crippen molar-refractivity contribution in [3.8, 4) is 0 Å². The maximum Gasteiger partial charge on any atom is 0.321 e. The molecule has 4 amide bonds. The summed E-state index contributed by atoms with van der Waals surface area (Å²) in [6.45, 7) is 11.7. The molecule has 0 radical (unpaired) electrons. The molecule has 294 valence electrons. The number of amides is 4. The summed E-state index contributed by atoms with van der Waals surface area (Å²) in [5, 5.41) is 5.56. The lowest BCUT2D eigenvalue weighted by atomic mass is 9.88. The first kappa shape index (κ1) is 41.4. The van der Waals surface area contributed by atoms with Crippen LogP contribution in [0.4, 0.5) is 16.2 Å². The standard InChI is InChI=1S/C39H48N6O8S2/c1-26(46)41-30-15-11-28(12-16-30)35(48)43-18-20-44(21-19-43)37(50)42-31-13-9-27(10-14-31)22-29(36(49)53-38(2,3)4)23-33(47)34-39(5,6)54-25-45(34)55(51,52)32-8-7-17-40-24-32/h7-17,24,29,34H,18-23,25H2,1-6H3,(H,41,46)(H,42,50)/t29-,34-/m1/s1. The Morgan fingerprint density at radius 3 is 2.09 bits per heavy atom. The lowest BCUT2D eigenvalue weighted by molar-refractivity contribution is -0.161. The number of carbonyl (C=O) groups is 5. The number of anilines is 2. The average molecular weight is 793 g/mol. The van der Waals surface area contributed by atoms with Crippen LogP contribution in [-0.4, -0.2) is 106 Å². The fraction of sp³-hybridized carbons (Fsp3) is 0.436. The molecule has 2 aliphatic heterocycles. The third kappa shape index (κ3) is 10.5. The molecule has 0 spiro atoms. The van der Waals surface area contributed by atoms with Gasteiger partial charge in [0.2, 0.25) is 15.9 Å². The number of thioether (sulfide) groups is 1. The number of Topliss-reactive ketones (excluding diaryl/α,β-unsaturated/α-hetero) is 1. The Bertz CT molecular complexity index is 1990. The first-order valence-electron chi connectivity index (χ1n) is 18.0. The molecule has 2 N–H and O–H groups in total. The molecule has 55 heavy (non-hydrogen) atoms. The summed E-state index contributed by atoms with van der Waals surface area (Å²) < 4.78 is 33.5. The molecule has 5 rings (SSSR count). The van der Waals surface area contributed by atoms with Crippen molar-refractivity contribution >= 4 is 62.8 Å². The SMILES string of the molecule is CC(=O)Nc1ccc(C(=O)N2CCN(C(=O)Nc3ccc(C[C@H](CC(=O)[C@H]4N(S(=O)(=O)c5cccnc5)CSC4(C)C)C(=O)OC(C)(C)C)cc3)CC2)cc1. The van der Waals surface area contributed by atoms with Crippen molar-refractivity contribution in [3.05, 3.63) is 84.2 Å². The van der Waals surface area contributed by atoms with Gasteiger partial charge in [-0.05, 0) is 95.1 Å². The highest BCUT2D eigenvalue weighted by molar-refractivity contribution is 8.02. The van der Waals surface area contributed by atoms with Crippen molar-refractivity contribution in [3.63, 3.8) is 0 Å². The van der Waals surface area contributed by atoms with Crippen molar-refractivity contribution < 1.29 is 37.1 Å². The Hall–Kier alpha value is -4.80. The number of urea groups is 1. The number of nitrogens with zero attached hydrogens (tertiary/aromatic N) is 4. The first-order valence-corrected chi connectivity index (χ1v) is 20.4. The number of hydrogen-bond donors (Lipinski definition) is 2. The van der Waals surface area contributed by atoms with Gasteiger partial charge in [-0.25, -0.2) is 13.2 Å². The Kier molecular flexibility index (Phi) is 12.7. The van der Waals surface area contributed by atoms with Gasteiger partial charge in [0.25, 0.3) is 5.91 Å². The molecule has 0 saturated carbocycles. The summed E-state index contributed by atoms with van der Waals surface area (Å²) in [6, 6.07) is 15.2. The third-order valence-electron chi connectivity index (χ3n) is 9.24. The van der Waals surface area contributed by atoms with Crippen LogP contribution in [0.25, 0.3) is 0 Å². The number of piperazine rings is 1. The van der Waals surface area contributed by atoms with Gasteiger partial charge < -0.3 is 25.2 Å². The minimum absolute atomic E-state index is 0.0116. The van der Waals surface area contributed by atoms with E-state index in [0.29, 0.717) is 43.1 Å². The van der Waals surface area contributed by atoms with E-state index in [-0.39, 0.29) is 47.2 Å². The Morgan fingerprint density at radius 2 is 1.51 bits per heavy atom. The second-order valence-corrected chi connectivity index (χ2v) is 18.6. The van der Waals surface area contributed by atoms with E-state index >= 15 is 0 Å². The second-order valence-electron chi connectivity index (χ2n) is 15.1. The summed E-state index contributed by atoms with van der Waals surface area (Å²) >= 11 is 1.36. The molecular weight excluding hydrogens is 745 g/mol. The summed E-state index contributed by atoms with van der Waals surface area (Å²) in [5.74, 6) is -2.13. The van der Waals surface area contributed by atoms with E-state index in [1.165, 1.54) is 47.5 Å². The number of ether oxygens (including phenoxy) is 1. The van der Waals surface area contributed by atoms with Gasteiger partial charge in [0.15, 0.2) is 5.78 Å². The first-order chi connectivity index (χ1) is 25.8. The fourth-order valence-electron chi connectivity index (χ4n) is 6.51. The molecule has 14 nitrogen and oxygen atoms in total. The van der Waals surface area contributed by atoms with Crippen LogP contribution in [-0.2, 0) is 35.6 Å². The number of rotatable bonds is 11. The topological polar surface area (TPSA) is 175 Å². The maximum absolute atomic E-state index is 14.1. The zero-order chi connectivity index (χ0) is 40.1. The van der Waals surface area contributed by atoms with Gasteiger partial charge in [-0.3, -0.25) is 24.2 Å². The maximum atomic E-state index is 14.1. The molecule has 3 heterocycles. The third-order valence-corrected chi connectivity index (χ3v) is 12.6. The predicted molar refractivity (Wildman–Crippen MR) is 210 cm³/mol. The molecule has 3 aromatic rings. The van der Waals surface area contributed by atoms with Crippen LogP contribution in [0.1, 0.15) is 63.9 Å². The number of aromatic nitrogens is 1. The van der Waals surface area contributed by atoms with E-state index in [2.05, 4.69) is 15.6 Å². The van der Waals surface area contributed by atoms with Gasteiger partial charge in [-0.15, -0.1) is 11.8 Å². The van der Waals surface area contributed by atoms with Crippen molar-refractivity contribution in [2.45, 2.75) is 75.7 Å². The van der Waals surface area contributed by atoms with Gasteiger partial charge in [0.1, 0.15) is 10.5 Å². The van der Waals surface area contributed by atoms with Crippen molar-refractivity contribution in [2.24, 2.45) is 5.92 Å². The highest BCUT2D eigenvalue weighted by Gasteiger charge is 2.51. The lowest BCUT2D eigenvalue weighted by Crippen LogP contribution is -2.51. The summed E-state index contributed by atoms with van der Waals surface area (Å²) in [6.07, 6.45) is 2.64. The molecule has 0 aliphatic carbocycles. The van der Waals surface area contributed by atoms with Crippen LogP contribution < -0.4 is 10.6 Å². The van der Waals surface area contributed by atoms with Crippen LogP contribution in [0, 0.1) is 5.92 Å². The zero-order valence-electron chi connectivity index (χ0n) is 31.9. The minimum Gasteiger partial charge on any atom is -0.460 e. The highest BCUT2D eigenvalue weighted by Crippen LogP contribution is 2.43. The lowest BCUT2D eigenvalue weighted by Gasteiger charge is -2.34. The summed E-state index contributed by atoms with van der Waals surface area (Å²) in [4.78, 5) is 72.3. The van der Waals surface area contributed by atoms with Gasteiger partial charge >= 0.3 is 12.0 Å². The zero-order valence-corrected chi connectivity index (χ0v) is 33.5. The van der Waals surface area contributed by atoms with Crippen LogP contribution in [0.2, 0.25) is 0 Å². The van der Waals surface area contributed by atoms with E-state index < -0.39 is 38.3 Å². The molecule has 2 aliphatic rings. The van der Waals surface area contributed by atoms with Crippen LogP contribution in [0.3, 0.4) is 0 Å². The van der Waals surface area contributed by atoms with Gasteiger partial charge in [0.05, 0.1) is 17.8 Å². The molecule has 2 fully saturated rings. The molecule has 2 saturated heterocycles. The Morgan fingerprint density at radius 1 is 0.909 bits per heavy atom. The van der Waals surface area contributed by atoms with E-state index in [4.69, 9.17) is 4.74 Å². The van der Waals surface area contributed by atoms with Crippen molar-refractivity contribution in [1.82, 2.24) is 19.1 Å². The smallest absolute Gasteiger partial charge is 0.321 e. The Labute approximate surface area is 326 Å². The number of esters is 1. The molecule has 2 atom stereocenters. The quantitative estimate of drug-likeness (QED) is 0.251. The van der Waals surface area contributed by atoms with E-state index in [0.717, 1.165) is 5.56 Å². The molecule has 1 aromatic heterocycles. The van der Waals surface area contributed by atoms with Crippen LogP contribution >= 0.6 is 11.8 Å². The van der Waals surface area contributed by atoms with Crippen molar-refractivity contribution in [2.75, 3.05) is 42.7 Å². The predicted octanol–water partition coefficient (Wildman–Crippen LogP) is 5.03. The van der Waals surface area contributed by atoms with Crippen LogP contribution in [0.15, 0.2) is 78.0 Å². The number of pyridine rings is 1. The monoisotopic (exact) mass is 792 g/mol. The molecule has 0 unspecified atom stereocenters. The Balaban J connectivity index is 1.21. The molecule has 0 bridgehead atoms. The van der Waals surface area contributed by atoms with Crippen LogP contribution in [0.5, 0.6) is 0 Å². The summed E-state index contributed by atoms with van der Waals surface area (Å²) in [5.41, 5.74) is 1.52. The number of nitrogens with one attached hydrogen (secondary N) is 2.